The minimum Gasteiger partial charge on any atom is -0.338 e. The van der Waals surface area contributed by atoms with E-state index in [9.17, 15) is 8.78 Å². The lowest BCUT2D eigenvalue weighted by Gasteiger charge is -2.35. The number of piperazine rings is 1. The fraction of sp³-hybridized carbons (Fsp3) is 0.636. The van der Waals surface area contributed by atoms with E-state index >= 15 is 0 Å². The zero-order chi connectivity index (χ0) is 12.3. The van der Waals surface area contributed by atoms with Crippen molar-refractivity contribution < 1.29 is 8.78 Å². The zero-order valence-corrected chi connectivity index (χ0v) is 9.81. The second kappa shape index (κ2) is 4.91. The van der Waals surface area contributed by atoms with E-state index in [4.69, 9.17) is 0 Å². The summed E-state index contributed by atoms with van der Waals surface area (Å²) in [5.41, 5.74) is 0. The molecule has 0 N–H and O–H groups in total. The first-order valence-corrected chi connectivity index (χ1v) is 5.67. The molecule has 1 aromatic rings. The molecule has 2 heterocycles. The number of halogens is 2. The number of anilines is 1. The second-order valence-corrected chi connectivity index (χ2v) is 4.38. The first-order valence-electron chi connectivity index (χ1n) is 5.67. The summed E-state index contributed by atoms with van der Waals surface area (Å²) in [4.78, 5) is 12.1. The van der Waals surface area contributed by atoms with E-state index < -0.39 is 5.92 Å². The van der Waals surface area contributed by atoms with Crippen LogP contribution in [0.3, 0.4) is 0 Å². The first-order chi connectivity index (χ1) is 8.04. The maximum Gasteiger partial charge on any atom is 0.257 e. The van der Waals surface area contributed by atoms with Crippen LogP contribution in [0.25, 0.3) is 0 Å². The van der Waals surface area contributed by atoms with E-state index in [0.717, 1.165) is 6.92 Å². The van der Waals surface area contributed by atoms with E-state index in [1.807, 2.05) is 4.90 Å². The molecule has 17 heavy (non-hydrogen) atoms. The Bertz CT molecular complexity index is 344. The van der Waals surface area contributed by atoms with Gasteiger partial charge in [0.1, 0.15) is 0 Å². The van der Waals surface area contributed by atoms with Crippen LogP contribution in [0, 0.1) is 0 Å². The lowest BCUT2D eigenvalue weighted by molar-refractivity contribution is -0.0156. The molecule has 1 saturated heterocycles. The van der Waals surface area contributed by atoms with Crippen LogP contribution in [0.4, 0.5) is 14.7 Å². The van der Waals surface area contributed by atoms with Crippen molar-refractivity contribution in [1.29, 1.82) is 0 Å². The van der Waals surface area contributed by atoms with Gasteiger partial charge in [-0.15, -0.1) is 0 Å². The summed E-state index contributed by atoms with van der Waals surface area (Å²) in [5.74, 6) is -1.94. The van der Waals surface area contributed by atoms with Crippen LogP contribution in [-0.2, 0) is 0 Å². The normalized spacial score (nSPS) is 18.4. The molecule has 0 amide bonds. The molecule has 0 aliphatic carbocycles. The van der Waals surface area contributed by atoms with E-state index in [1.54, 1.807) is 23.4 Å². The van der Waals surface area contributed by atoms with Crippen LogP contribution in [-0.4, -0.2) is 53.5 Å². The summed E-state index contributed by atoms with van der Waals surface area (Å²) in [7, 11) is 0. The quantitative estimate of drug-likeness (QED) is 0.798. The van der Waals surface area contributed by atoms with Crippen molar-refractivity contribution >= 4 is 5.95 Å². The maximum atomic E-state index is 12.8. The predicted molar refractivity (Wildman–Crippen MR) is 61.3 cm³/mol. The number of alkyl halides is 2. The average molecular weight is 242 g/mol. The van der Waals surface area contributed by atoms with Gasteiger partial charge in [0, 0.05) is 45.5 Å². The summed E-state index contributed by atoms with van der Waals surface area (Å²) in [6, 6.07) is 1.76. The summed E-state index contributed by atoms with van der Waals surface area (Å²) >= 11 is 0. The Labute approximate surface area is 99.3 Å². The SMILES string of the molecule is CC(F)(F)CN1CCN(c2ncccn2)CC1. The van der Waals surface area contributed by atoms with Crippen LogP contribution < -0.4 is 4.90 Å². The molecular formula is C11H16F2N4. The molecular weight excluding hydrogens is 226 g/mol. The van der Waals surface area contributed by atoms with Gasteiger partial charge in [0.15, 0.2) is 0 Å². The number of rotatable bonds is 3. The molecule has 0 unspecified atom stereocenters. The standard InChI is InChI=1S/C11H16F2N4/c1-11(12,13)9-16-5-7-17(8-6-16)10-14-3-2-4-15-10/h2-4H,5-9H2,1H3. The average Bonchev–Trinajstić information content (AvgIpc) is 2.29. The maximum absolute atomic E-state index is 12.8. The van der Waals surface area contributed by atoms with Crippen molar-refractivity contribution in [3.05, 3.63) is 18.5 Å². The highest BCUT2D eigenvalue weighted by Crippen LogP contribution is 2.16. The van der Waals surface area contributed by atoms with Crippen molar-refractivity contribution in [1.82, 2.24) is 14.9 Å². The lowest BCUT2D eigenvalue weighted by Crippen LogP contribution is -2.49. The number of aromatic nitrogens is 2. The third-order valence-electron chi connectivity index (χ3n) is 2.71. The van der Waals surface area contributed by atoms with Crippen molar-refractivity contribution in [2.24, 2.45) is 0 Å². The molecule has 6 heteroatoms. The van der Waals surface area contributed by atoms with Crippen molar-refractivity contribution in [2.45, 2.75) is 12.8 Å². The van der Waals surface area contributed by atoms with Gasteiger partial charge in [0.2, 0.25) is 5.95 Å². The third kappa shape index (κ3) is 3.59. The topological polar surface area (TPSA) is 32.3 Å². The van der Waals surface area contributed by atoms with Crippen molar-refractivity contribution in [2.75, 3.05) is 37.6 Å². The Morgan fingerprint density at radius 1 is 1.18 bits per heavy atom. The molecule has 1 aromatic heterocycles. The molecule has 2 rings (SSSR count). The van der Waals surface area contributed by atoms with Crippen molar-refractivity contribution in [3.63, 3.8) is 0 Å². The van der Waals surface area contributed by atoms with Crippen LogP contribution in [0.5, 0.6) is 0 Å². The molecule has 4 nitrogen and oxygen atoms in total. The van der Waals surface area contributed by atoms with Crippen molar-refractivity contribution in [3.8, 4) is 0 Å². The van der Waals surface area contributed by atoms with Crippen LogP contribution in [0.1, 0.15) is 6.92 Å². The molecule has 0 spiro atoms. The fourth-order valence-electron chi connectivity index (χ4n) is 1.95. The van der Waals surface area contributed by atoms with Gasteiger partial charge in [-0.3, -0.25) is 4.90 Å². The second-order valence-electron chi connectivity index (χ2n) is 4.38. The summed E-state index contributed by atoms with van der Waals surface area (Å²) < 4.78 is 25.7. The van der Waals surface area contributed by atoms with E-state index in [0.29, 0.717) is 32.1 Å². The fourth-order valence-corrected chi connectivity index (χ4v) is 1.95. The number of nitrogens with zero attached hydrogens (tertiary/aromatic N) is 4. The largest absolute Gasteiger partial charge is 0.338 e. The zero-order valence-electron chi connectivity index (χ0n) is 9.81. The Morgan fingerprint density at radius 2 is 1.76 bits per heavy atom. The van der Waals surface area contributed by atoms with Gasteiger partial charge in [0.05, 0.1) is 6.54 Å². The monoisotopic (exact) mass is 242 g/mol. The third-order valence-corrected chi connectivity index (χ3v) is 2.71. The van der Waals surface area contributed by atoms with Gasteiger partial charge in [-0.1, -0.05) is 0 Å². The molecule has 0 saturated carbocycles. The van der Waals surface area contributed by atoms with Gasteiger partial charge >= 0.3 is 0 Å². The summed E-state index contributed by atoms with van der Waals surface area (Å²) in [6.07, 6.45) is 3.38. The summed E-state index contributed by atoms with van der Waals surface area (Å²) in [6.45, 7) is 3.43. The minimum absolute atomic E-state index is 0.170. The molecule has 1 fully saturated rings. The predicted octanol–water partition coefficient (Wildman–Crippen LogP) is 1.25. The molecule has 1 aliphatic rings. The molecule has 94 valence electrons. The Morgan fingerprint density at radius 3 is 2.29 bits per heavy atom. The van der Waals surface area contributed by atoms with Gasteiger partial charge in [0.25, 0.3) is 5.92 Å². The van der Waals surface area contributed by atoms with E-state index in [-0.39, 0.29) is 6.54 Å². The van der Waals surface area contributed by atoms with Gasteiger partial charge in [-0.05, 0) is 6.07 Å². The minimum atomic E-state index is -2.62. The smallest absolute Gasteiger partial charge is 0.257 e. The highest BCUT2D eigenvalue weighted by atomic mass is 19.3. The Balaban J connectivity index is 1.86. The Hall–Kier alpha value is -1.30. The molecule has 0 aromatic carbocycles. The first kappa shape index (κ1) is 12.2. The van der Waals surface area contributed by atoms with Crippen LogP contribution in [0.15, 0.2) is 18.5 Å². The van der Waals surface area contributed by atoms with Crippen LogP contribution >= 0.6 is 0 Å². The molecule has 1 aliphatic heterocycles. The van der Waals surface area contributed by atoms with E-state index in [2.05, 4.69) is 9.97 Å². The number of hydrogen-bond acceptors (Lipinski definition) is 4. The highest BCUT2D eigenvalue weighted by Gasteiger charge is 2.27. The molecule has 0 radical (unpaired) electrons. The van der Waals surface area contributed by atoms with Gasteiger partial charge < -0.3 is 4.90 Å². The molecule has 0 bridgehead atoms. The Kier molecular flexibility index (Phi) is 3.51. The lowest BCUT2D eigenvalue weighted by atomic mass is 10.3. The van der Waals surface area contributed by atoms with Crippen LogP contribution in [0.2, 0.25) is 0 Å². The van der Waals surface area contributed by atoms with Gasteiger partial charge in [-0.2, -0.15) is 0 Å². The van der Waals surface area contributed by atoms with E-state index in [1.165, 1.54) is 0 Å². The van der Waals surface area contributed by atoms with Gasteiger partial charge in [-0.25, -0.2) is 18.7 Å². The summed E-state index contributed by atoms with van der Waals surface area (Å²) in [5, 5.41) is 0. The molecule has 0 atom stereocenters. The number of hydrogen-bond donors (Lipinski definition) is 0. The highest BCUT2D eigenvalue weighted by molar-refractivity contribution is 5.29.